The molecule has 0 amide bonds. The lowest BCUT2D eigenvalue weighted by Crippen LogP contribution is -2.12. The first-order valence-electron chi connectivity index (χ1n) is 5.05. The van der Waals surface area contributed by atoms with E-state index in [1.165, 1.54) is 0 Å². The first-order valence-corrected chi connectivity index (χ1v) is 6.03. The van der Waals surface area contributed by atoms with Crippen molar-refractivity contribution in [2.24, 2.45) is 5.73 Å². The van der Waals surface area contributed by atoms with E-state index in [-0.39, 0.29) is 0 Å². The summed E-state index contributed by atoms with van der Waals surface area (Å²) in [6, 6.07) is 1.95. The van der Waals surface area contributed by atoms with Crippen LogP contribution < -0.4 is 5.73 Å². The summed E-state index contributed by atoms with van der Waals surface area (Å²) in [7, 11) is 0. The maximum Gasteiger partial charge on any atom is 0.191 e. The topological polar surface area (TPSA) is 69.9 Å². The van der Waals surface area contributed by atoms with Gasteiger partial charge < -0.3 is 14.7 Å². The summed E-state index contributed by atoms with van der Waals surface area (Å²) in [5.41, 5.74) is 6.69. The van der Waals surface area contributed by atoms with Crippen molar-refractivity contribution < 1.29 is 4.42 Å². The van der Waals surface area contributed by atoms with Crippen LogP contribution in [0.15, 0.2) is 28.2 Å². The number of nitrogens with zero attached hydrogens (tertiary/aromatic N) is 3. The van der Waals surface area contributed by atoms with Crippen molar-refractivity contribution in [2.75, 3.05) is 6.54 Å². The zero-order valence-electron chi connectivity index (χ0n) is 9.09. The number of aromatic nitrogens is 3. The van der Waals surface area contributed by atoms with E-state index in [9.17, 15) is 0 Å². The molecule has 0 bridgehead atoms. The number of aryl methyl sites for hydroxylation is 1. The Hall–Kier alpha value is -1.27. The van der Waals surface area contributed by atoms with Crippen LogP contribution in [0, 0.1) is 6.92 Å². The van der Waals surface area contributed by atoms with E-state index in [0.717, 1.165) is 28.8 Å². The number of nitrogens with two attached hydrogens (primary N) is 1. The molecule has 0 atom stereocenters. The lowest BCUT2D eigenvalue weighted by molar-refractivity contribution is 0.565. The lowest BCUT2D eigenvalue weighted by atomic mass is 10.4. The predicted octanol–water partition coefficient (Wildman–Crippen LogP) is 1.43. The third-order valence-electron chi connectivity index (χ3n) is 2.20. The largest absolute Gasteiger partial charge is 0.472 e. The molecule has 0 aliphatic rings. The van der Waals surface area contributed by atoms with Gasteiger partial charge in [0.25, 0.3) is 0 Å². The van der Waals surface area contributed by atoms with Crippen molar-refractivity contribution in [1.82, 2.24) is 14.8 Å². The molecule has 0 aliphatic heterocycles. The second kappa shape index (κ2) is 5.18. The summed E-state index contributed by atoms with van der Waals surface area (Å²) < 4.78 is 7.04. The highest BCUT2D eigenvalue weighted by Crippen LogP contribution is 2.21. The minimum absolute atomic E-state index is 0.595. The van der Waals surface area contributed by atoms with Crippen LogP contribution in [0.4, 0.5) is 0 Å². The molecule has 86 valence electrons. The SMILES string of the molecule is Cc1nnc(SCc2ccoc2)n1CCN. The fraction of sp³-hybridized carbons (Fsp3) is 0.400. The molecule has 0 fully saturated rings. The molecule has 0 radical (unpaired) electrons. The summed E-state index contributed by atoms with van der Waals surface area (Å²) >= 11 is 1.64. The molecule has 2 heterocycles. The van der Waals surface area contributed by atoms with Gasteiger partial charge in [0.05, 0.1) is 12.5 Å². The molecule has 2 aromatic rings. The van der Waals surface area contributed by atoms with Crippen LogP contribution in [0.5, 0.6) is 0 Å². The minimum Gasteiger partial charge on any atom is -0.472 e. The Balaban J connectivity index is 2.03. The predicted molar refractivity (Wildman–Crippen MR) is 62.1 cm³/mol. The van der Waals surface area contributed by atoms with E-state index in [1.54, 1.807) is 24.3 Å². The van der Waals surface area contributed by atoms with Crippen molar-refractivity contribution in [1.29, 1.82) is 0 Å². The van der Waals surface area contributed by atoms with Gasteiger partial charge in [0.2, 0.25) is 0 Å². The van der Waals surface area contributed by atoms with Gasteiger partial charge >= 0.3 is 0 Å². The minimum atomic E-state index is 0.595. The van der Waals surface area contributed by atoms with Gasteiger partial charge in [0, 0.05) is 24.4 Å². The van der Waals surface area contributed by atoms with Gasteiger partial charge in [-0.3, -0.25) is 0 Å². The fourth-order valence-corrected chi connectivity index (χ4v) is 2.32. The molecule has 0 aromatic carbocycles. The molecule has 5 nitrogen and oxygen atoms in total. The lowest BCUT2D eigenvalue weighted by Gasteiger charge is -2.05. The molecule has 0 saturated heterocycles. The van der Waals surface area contributed by atoms with Gasteiger partial charge in [0.15, 0.2) is 5.16 Å². The zero-order chi connectivity index (χ0) is 11.4. The number of furan rings is 1. The van der Waals surface area contributed by atoms with E-state index in [0.29, 0.717) is 6.54 Å². The first-order chi connectivity index (χ1) is 7.81. The van der Waals surface area contributed by atoms with Crippen molar-refractivity contribution in [3.8, 4) is 0 Å². The Morgan fingerprint density at radius 3 is 3.06 bits per heavy atom. The van der Waals surface area contributed by atoms with Crippen LogP contribution in [-0.2, 0) is 12.3 Å². The van der Waals surface area contributed by atoms with E-state index in [4.69, 9.17) is 10.2 Å². The summed E-state index contributed by atoms with van der Waals surface area (Å²) in [5, 5.41) is 9.08. The van der Waals surface area contributed by atoms with Gasteiger partial charge in [-0.25, -0.2) is 0 Å². The third kappa shape index (κ3) is 2.45. The highest BCUT2D eigenvalue weighted by atomic mass is 32.2. The van der Waals surface area contributed by atoms with Crippen molar-refractivity contribution in [3.63, 3.8) is 0 Å². The molecule has 0 spiro atoms. The van der Waals surface area contributed by atoms with Gasteiger partial charge in [-0.2, -0.15) is 0 Å². The van der Waals surface area contributed by atoms with Crippen molar-refractivity contribution in [3.05, 3.63) is 30.0 Å². The molecule has 2 N–H and O–H groups in total. The highest BCUT2D eigenvalue weighted by molar-refractivity contribution is 7.98. The summed E-state index contributed by atoms with van der Waals surface area (Å²) in [6.45, 7) is 3.29. The molecule has 16 heavy (non-hydrogen) atoms. The smallest absolute Gasteiger partial charge is 0.191 e. The number of rotatable bonds is 5. The Morgan fingerprint density at radius 2 is 2.38 bits per heavy atom. The van der Waals surface area contributed by atoms with E-state index in [1.807, 2.05) is 17.6 Å². The van der Waals surface area contributed by atoms with E-state index < -0.39 is 0 Å². The highest BCUT2D eigenvalue weighted by Gasteiger charge is 2.08. The molecule has 0 saturated carbocycles. The van der Waals surface area contributed by atoms with Crippen molar-refractivity contribution >= 4 is 11.8 Å². The molecule has 0 aliphatic carbocycles. The van der Waals surface area contributed by atoms with Gasteiger partial charge in [-0.15, -0.1) is 10.2 Å². The molecular formula is C10H14N4OS. The Morgan fingerprint density at radius 1 is 1.50 bits per heavy atom. The molecular weight excluding hydrogens is 224 g/mol. The second-order valence-corrected chi connectivity index (χ2v) is 4.33. The number of hydrogen-bond donors (Lipinski definition) is 1. The Bertz CT molecular complexity index is 438. The Kier molecular flexibility index (Phi) is 3.63. The normalized spacial score (nSPS) is 10.9. The molecule has 2 aromatic heterocycles. The second-order valence-electron chi connectivity index (χ2n) is 3.39. The van der Waals surface area contributed by atoms with Gasteiger partial charge in [-0.05, 0) is 13.0 Å². The fourth-order valence-electron chi connectivity index (χ4n) is 1.38. The molecule has 2 rings (SSSR count). The van der Waals surface area contributed by atoms with Crippen LogP contribution in [-0.4, -0.2) is 21.3 Å². The van der Waals surface area contributed by atoms with Crippen LogP contribution in [0.3, 0.4) is 0 Å². The van der Waals surface area contributed by atoms with Crippen LogP contribution in [0.25, 0.3) is 0 Å². The maximum atomic E-state index is 5.55. The summed E-state index contributed by atoms with van der Waals surface area (Å²) in [6.07, 6.45) is 3.41. The molecule has 0 unspecified atom stereocenters. The molecule has 6 heteroatoms. The van der Waals surface area contributed by atoms with Gasteiger partial charge in [-0.1, -0.05) is 11.8 Å². The standard InChI is InChI=1S/C10H14N4OS/c1-8-12-13-10(14(8)4-3-11)16-7-9-2-5-15-6-9/h2,5-6H,3-4,7,11H2,1H3. The van der Waals surface area contributed by atoms with E-state index >= 15 is 0 Å². The summed E-state index contributed by atoms with van der Waals surface area (Å²) in [4.78, 5) is 0. The van der Waals surface area contributed by atoms with Crippen LogP contribution >= 0.6 is 11.8 Å². The number of hydrogen-bond acceptors (Lipinski definition) is 5. The van der Waals surface area contributed by atoms with Crippen LogP contribution in [0.1, 0.15) is 11.4 Å². The maximum absolute atomic E-state index is 5.55. The quantitative estimate of drug-likeness (QED) is 0.798. The third-order valence-corrected chi connectivity index (χ3v) is 3.24. The van der Waals surface area contributed by atoms with Gasteiger partial charge in [0.1, 0.15) is 5.82 Å². The zero-order valence-corrected chi connectivity index (χ0v) is 9.91. The van der Waals surface area contributed by atoms with Crippen molar-refractivity contribution in [2.45, 2.75) is 24.4 Å². The summed E-state index contributed by atoms with van der Waals surface area (Å²) in [5.74, 6) is 1.74. The number of thioether (sulfide) groups is 1. The Labute approximate surface area is 98.0 Å². The van der Waals surface area contributed by atoms with Crippen LogP contribution in [0.2, 0.25) is 0 Å². The van der Waals surface area contributed by atoms with E-state index in [2.05, 4.69) is 10.2 Å². The average Bonchev–Trinajstić information content (AvgIpc) is 2.89. The monoisotopic (exact) mass is 238 g/mol. The average molecular weight is 238 g/mol. The first kappa shape index (κ1) is 11.2.